The van der Waals surface area contributed by atoms with Crippen LogP contribution in [0, 0.1) is 5.92 Å². The fourth-order valence-electron chi connectivity index (χ4n) is 2.91. The highest BCUT2D eigenvalue weighted by Gasteiger charge is 2.22. The Morgan fingerprint density at radius 2 is 2.06 bits per heavy atom. The lowest BCUT2D eigenvalue weighted by molar-refractivity contribution is 0.302. The minimum Gasteiger partial charge on any atom is -0.310 e. The van der Waals surface area contributed by atoms with E-state index in [2.05, 4.69) is 12.2 Å². The minimum absolute atomic E-state index is 0.370. The molecule has 0 aromatic carbocycles. The molecule has 0 amide bonds. The molecule has 1 nitrogen and oxygen atoms in total. The first-order valence-electron chi connectivity index (χ1n) is 6.88. The van der Waals surface area contributed by atoms with E-state index in [-0.39, 0.29) is 0 Å². The number of halogens is 2. The van der Waals surface area contributed by atoms with Crippen LogP contribution < -0.4 is 5.32 Å². The normalized spacial score (nSPS) is 19.1. The summed E-state index contributed by atoms with van der Waals surface area (Å²) in [6.45, 7) is 3.12. The van der Waals surface area contributed by atoms with Gasteiger partial charge in [-0.2, -0.15) is 0 Å². The van der Waals surface area contributed by atoms with Crippen LogP contribution in [-0.4, -0.2) is 6.54 Å². The van der Waals surface area contributed by atoms with Gasteiger partial charge in [0.1, 0.15) is 0 Å². The zero-order valence-electron chi connectivity index (χ0n) is 10.8. The lowest BCUT2D eigenvalue weighted by Gasteiger charge is -2.27. The van der Waals surface area contributed by atoms with Crippen molar-refractivity contribution < 1.29 is 0 Å². The van der Waals surface area contributed by atoms with Gasteiger partial charge in [0.25, 0.3) is 0 Å². The van der Waals surface area contributed by atoms with Gasteiger partial charge in [-0.05, 0) is 24.9 Å². The average molecular weight is 306 g/mol. The molecule has 1 aromatic heterocycles. The largest absolute Gasteiger partial charge is 0.310 e. The van der Waals surface area contributed by atoms with Crippen molar-refractivity contribution in [2.24, 2.45) is 5.92 Å². The quantitative estimate of drug-likeness (QED) is 0.738. The second-order valence-corrected chi connectivity index (χ2v) is 7.42. The molecular weight excluding hydrogens is 285 g/mol. The lowest BCUT2D eigenvalue weighted by atomic mass is 9.83. The van der Waals surface area contributed by atoms with Gasteiger partial charge < -0.3 is 5.32 Å². The van der Waals surface area contributed by atoms with Gasteiger partial charge in [0.05, 0.1) is 8.67 Å². The first-order chi connectivity index (χ1) is 8.70. The number of hydrogen-bond donors (Lipinski definition) is 1. The SMILES string of the molecule is CCNC(CC1CCCCC1)c1cc(Cl)sc1Cl. The summed E-state index contributed by atoms with van der Waals surface area (Å²) in [5.41, 5.74) is 1.19. The average Bonchev–Trinajstić information content (AvgIpc) is 2.69. The van der Waals surface area contributed by atoms with E-state index in [9.17, 15) is 0 Å². The number of rotatable bonds is 5. The lowest BCUT2D eigenvalue weighted by Crippen LogP contribution is -2.24. The van der Waals surface area contributed by atoms with Crippen LogP contribution >= 0.6 is 34.5 Å². The maximum absolute atomic E-state index is 6.29. The Hall–Kier alpha value is 0.240. The first kappa shape index (κ1) is 14.6. The maximum Gasteiger partial charge on any atom is 0.0991 e. The molecule has 0 aliphatic heterocycles. The van der Waals surface area contributed by atoms with E-state index >= 15 is 0 Å². The van der Waals surface area contributed by atoms with Crippen LogP contribution in [0.15, 0.2) is 6.07 Å². The molecule has 18 heavy (non-hydrogen) atoms. The van der Waals surface area contributed by atoms with Crippen molar-refractivity contribution in [3.8, 4) is 0 Å². The molecule has 1 saturated carbocycles. The molecule has 1 N–H and O–H groups in total. The molecule has 1 unspecified atom stereocenters. The summed E-state index contributed by atoms with van der Waals surface area (Å²) in [6.07, 6.45) is 8.13. The molecule has 1 aliphatic rings. The molecule has 0 bridgehead atoms. The van der Waals surface area contributed by atoms with Gasteiger partial charge in [0, 0.05) is 11.6 Å². The zero-order chi connectivity index (χ0) is 13.0. The van der Waals surface area contributed by atoms with Crippen molar-refractivity contribution in [1.82, 2.24) is 5.32 Å². The van der Waals surface area contributed by atoms with Crippen LogP contribution in [0.5, 0.6) is 0 Å². The van der Waals surface area contributed by atoms with E-state index < -0.39 is 0 Å². The summed E-state index contributed by atoms with van der Waals surface area (Å²) in [7, 11) is 0. The molecule has 0 radical (unpaired) electrons. The van der Waals surface area contributed by atoms with Crippen LogP contribution in [0.4, 0.5) is 0 Å². The summed E-state index contributed by atoms with van der Waals surface area (Å²) in [4.78, 5) is 0. The topological polar surface area (TPSA) is 12.0 Å². The molecule has 102 valence electrons. The molecule has 4 heteroatoms. The number of thiophene rings is 1. The number of hydrogen-bond acceptors (Lipinski definition) is 2. The summed E-state index contributed by atoms with van der Waals surface area (Å²) >= 11 is 13.8. The third kappa shape index (κ3) is 3.86. The molecule has 2 rings (SSSR count). The minimum atomic E-state index is 0.370. The summed E-state index contributed by atoms with van der Waals surface area (Å²) in [5.74, 6) is 0.845. The standard InChI is InChI=1S/C14H21Cl2NS/c1-2-17-12(8-10-6-4-3-5-7-10)11-9-13(15)18-14(11)16/h9-10,12,17H,2-8H2,1H3. The van der Waals surface area contributed by atoms with Crippen LogP contribution in [0.3, 0.4) is 0 Å². The highest BCUT2D eigenvalue weighted by atomic mass is 35.5. The maximum atomic E-state index is 6.29. The second-order valence-electron chi connectivity index (χ2n) is 5.13. The molecule has 1 heterocycles. The second kappa shape index (κ2) is 7.14. The predicted octanol–water partition coefficient (Wildman–Crippen LogP) is 5.68. The summed E-state index contributed by atoms with van der Waals surface area (Å²) in [6, 6.07) is 2.40. The van der Waals surface area contributed by atoms with Crippen molar-refractivity contribution >= 4 is 34.5 Å². The van der Waals surface area contributed by atoms with Gasteiger partial charge in [0.2, 0.25) is 0 Å². The summed E-state index contributed by atoms with van der Waals surface area (Å²) < 4.78 is 1.64. The van der Waals surface area contributed by atoms with Crippen LogP contribution in [0.2, 0.25) is 8.67 Å². The van der Waals surface area contributed by atoms with Crippen LogP contribution in [-0.2, 0) is 0 Å². The van der Waals surface area contributed by atoms with Crippen molar-refractivity contribution in [3.63, 3.8) is 0 Å². The Labute approximate surface area is 124 Å². The van der Waals surface area contributed by atoms with E-state index in [1.165, 1.54) is 55.4 Å². The Kier molecular flexibility index (Phi) is 5.81. The third-order valence-corrected chi connectivity index (χ3v) is 5.32. The molecule has 1 atom stereocenters. The Morgan fingerprint density at radius 3 is 2.61 bits per heavy atom. The van der Waals surface area contributed by atoms with Crippen molar-refractivity contribution in [2.45, 2.75) is 51.5 Å². The molecule has 1 aliphatic carbocycles. The smallest absolute Gasteiger partial charge is 0.0991 e. The van der Waals surface area contributed by atoms with Crippen LogP contribution in [0.1, 0.15) is 57.1 Å². The Morgan fingerprint density at radius 1 is 1.33 bits per heavy atom. The first-order valence-corrected chi connectivity index (χ1v) is 8.46. The van der Waals surface area contributed by atoms with E-state index in [0.717, 1.165) is 21.1 Å². The Balaban J connectivity index is 2.04. The van der Waals surface area contributed by atoms with Gasteiger partial charge in [0.15, 0.2) is 0 Å². The fraction of sp³-hybridized carbons (Fsp3) is 0.714. The predicted molar refractivity (Wildman–Crippen MR) is 81.9 cm³/mol. The van der Waals surface area contributed by atoms with E-state index in [0.29, 0.717) is 6.04 Å². The van der Waals surface area contributed by atoms with E-state index in [1.807, 2.05) is 6.07 Å². The third-order valence-electron chi connectivity index (χ3n) is 3.80. The molecular formula is C14H21Cl2NS. The van der Waals surface area contributed by atoms with Gasteiger partial charge in [-0.15, -0.1) is 11.3 Å². The zero-order valence-corrected chi connectivity index (χ0v) is 13.2. The molecule has 1 aromatic rings. The van der Waals surface area contributed by atoms with Crippen LogP contribution in [0.25, 0.3) is 0 Å². The van der Waals surface area contributed by atoms with Gasteiger partial charge in [-0.3, -0.25) is 0 Å². The number of nitrogens with one attached hydrogen (secondary N) is 1. The highest BCUT2D eigenvalue weighted by Crippen LogP contribution is 2.39. The Bertz CT molecular complexity index is 372. The van der Waals surface area contributed by atoms with Gasteiger partial charge in [-0.1, -0.05) is 62.2 Å². The molecule has 0 spiro atoms. The van der Waals surface area contributed by atoms with Gasteiger partial charge in [-0.25, -0.2) is 0 Å². The van der Waals surface area contributed by atoms with Crippen molar-refractivity contribution in [1.29, 1.82) is 0 Å². The highest BCUT2D eigenvalue weighted by molar-refractivity contribution is 7.20. The van der Waals surface area contributed by atoms with Crippen molar-refractivity contribution in [2.75, 3.05) is 6.54 Å². The summed E-state index contributed by atoms with van der Waals surface area (Å²) in [5, 5.41) is 3.56. The molecule has 1 fully saturated rings. The van der Waals surface area contributed by atoms with E-state index in [1.54, 1.807) is 0 Å². The molecule has 0 saturated heterocycles. The monoisotopic (exact) mass is 305 g/mol. The van der Waals surface area contributed by atoms with Gasteiger partial charge >= 0.3 is 0 Å². The van der Waals surface area contributed by atoms with Crippen molar-refractivity contribution in [3.05, 3.63) is 20.3 Å². The van der Waals surface area contributed by atoms with E-state index in [4.69, 9.17) is 23.2 Å². The fourth-order valence-corrected chi connectivity index (χ4v) is 4.49.